The Kier molecular flexibility index (Phi) is 76.1. The van der Waals surface area contributed by atoms with Crippen LogP contribution in [0.1, 0.15) is 0 Å². The molecule has 0 aliphatic heterocycles. The summed E-state index contributed by atoms with van der Waals surface area (Å²) in [5.74, 6) is 0. The summed E-state index contributed by atoms with van der Waals surface area (Å²) in [6.45, 7) is 0. The molecule has 0 aromatic heterocycles. The van der Waals surface area contributed by atoms with E-state index >= 15 is 0 Å². The van der Waals surface area contributed by atoms with Crippen molar-refractivity contribution in [3.8, 4) is 0 Å². The van der Waals surface area contributed by atoms with Gasteiger partial charge >= 0.3 is 31.0 Å². The number of rotatable bonds is 0. The van der Waals surface area contributed by atoms with Crippen LogP contribution in [0.4, 0.5) is 0 Å². The first-order chi connectivity index (χ1) is 1.41. The van der Waals surface area contributed by atoms with Gasteiger partial charge in [-0.3, -0.25) is 0 Å². The Bertz CT molecular complexity index is 7.61. The van der Waals surface area contributed by atoms with Crippen molar-refractivity contribution in [2.24, 2.45) is 0 Å². The fraction of sp³-hybridized carbons (Fsp3) is 1.00. The van der Waals surface area contributed by atoms with E-state index in [1.54, 1.807) is 0 Å². The zero-order valence-electron chi connectivity index (χ0n) is 3.39. The predicted octanol–water partition coefficient (Wildman–Crippen LogP) is 0.433. The molecule has 0 atom stereocenters. The zero-order chi connectivity index (χ0) is 2.71. The minimum Gasteiger partial charge on any atom is -0.870 e. The Balaban J connectivity index is -0.0000000200. The van der Waals surface area contributed by atoms with Crippen LogP contribution in [-0.4, -0.2) is 32.1 Å². The summed E-state index contributed by atoms with van der Waals surface area (Å²) in [6, 6.07) is 0. The molecule has 0 aromatic carbocycles. The quantitative estimate of drug-likeness (QED) is 0.511. The average Bonchev–Trinajstić information content (AvgIpc) is 0.918. The fourth-order valence-corrected chi connectivity index (χ4v) is 0. The monoisotopic (exact) mass is 184 g/mol. The first kappa shape index (κ1) is 17.2. The van der Waals surface area contributed by atoms with Gasteiger partial charge in [-0.05, 0) is 0 Å². The van der Waals surface area contributed by atoms with Crippen molar-refractivity contribution < 1.29 is 11.0 Å². The molecular weight excluding hydrogens is 175 g/mol. The second-order valence-electron chi connectivity index (χ2n) is 0.500. The van der Waals surface area contributed by atoms with E-state index in [-0.39, 0.29) is 32.1 Å². The Morgan fingerprint density at radius 2 is 1.00 bits per heavy atom. The Hall–Kier alpha value is 0.719. The molecule has 0 aliphatic carbocycles. The maximum Gasteiger partial charge on any atom is -0.870 e. The van der Waals surface area contributed by atoms with Crippen molar-refractivity contribution in [2.75, 3.05) is 0 Å². The van der Waals surface area contributed by atoms with Crippen LogP contribution in [0.5, 0.6) is 0 Å². The molecule has 0 saturated carbocycles. The van der Waals surface area contributed by atoms with Crippen LogP contribution in [0.3, 0.4) is 0 Å². The summed E-state index contributed by atoms with van der Waals surface area (Å²) in [5.41, 5.74) is 0. The molecule has 0 rings (SSSR count). The summed E-state index contributed by atoms with van der Waals surface area (Å²) >= 11 is 0.230. The van der Waals surface area contributed by atoms with Crippen LogP contribution in [0.25, 0.3) is 0 Å². The number of hydrogen-bond donors (Lipinski definition) is 0. The van der Waals surface area contributed by atoms with Gasteiger partial charge in [0.05, 0.1) is 0 Å². The van der Waals surface area contributed by atoms with E-state index in [1.807, 2.05) is 0 Å². The molecule has 0 radical (unpaired) electrons. The zero-order valence-corrected chi connectivity index (χ0v) is 6.25. The molecule has 0 heterocycles. The van der Waals surface area contributed by atoms with E-state index in [1.165, 1.54) is 0 Å². The summed E-state index contributed by atoms with van der Waals surface area (Å²) in [6.07, 6.45) is 0. The minimum atomic E-state index is 0. The molecule has 0 saturated heterocycles. The molecule has 2 N–H and O–H groups in total. The van der Waals surface area contributed by atoms with Crippen LogP contribution in [0, 0.1) is 0 Å². The second kappa shape index (κ2) is 22.1. The van der Waals surface area contributed by atoms with E-state index in [4.69, 9.17) is 0 Å². The van der Waals surface area contributed by atoms with Gasteiger partial charge in [0.1, 0.15) is 0 Å². The molecule has 0 amide bonds. The molecule has 32 valence electrons. The van der Waals surface area contributed by atoms with E-state index in [0.29, 0.717) is 0 Å². The van der Waals surface area contributed by atoms with Gasteiger partial charge in [0, 0.05) is 0 Å². The minimum absolute atomic E-state index is 0. The van der Waals surface area contributed by atoms with Gasteiger partial charge in [0.2, 0.25) is 0 Å². The standard InChI is InChI=1S/2CH3.2H2O.Sn/h2*1H3;2*1H2;/q;;;;+2/p-2. The number of hydrogen-bond acceptors (Lipinski definition) is 2. The Labute approximate surface area is 42.4 Å². The normalized spacial score (nSPS) is 2.00. The Morgan fingerprint density at radius 1 is 1.00 bits per heavy atom. The van der Waals surface area contributed by atoms with E-state index < -0.39 is 0 Å². The van der Waals surface area contributed by atoms with Crippen LogP contribution in [0.2, 0.25) is 9.88 Å². The first-order valence-corrected chi connectivity index (χ1v) is 6.71. The SMILES string of the molecule is [CH3][Sn+2][CH3].[OH-].[OH-]. The molecule has 0 aromatic rings. The van der Waals surface area contributed by atoms with Gasteiger partial charge in [0.15, 0.2) is 0 Å². The largest absolute Gasteiger partial charge is 0.870 e. The summed E-state index contributed by atoms with van der Waals surface area (Å²) in [5, 5.41) is 0. The van der Waals surface area contributed by atoms with Gasteiger partial charge in [0.25, 0.3) is 0 Å². The molecule has 0 bridgehead atoms. The van der Waals surface area contributed by atoms with Crippen molar-refractivity contribution in [3.05, 3.63) is 0 Å². The maximum absolute atomic E-state index is 2.30. The third kappa shape index (κ3) is 67.5. The van der Waals surface area contributed by atoms with Crippen molar-refractivity contribution in [1.82, 2.24) is 0 Å². The van der Waals surface area contributed by atoms with Crippen molar-refractivity contribution >= 4 is 21.1 Å². The van der Waals surface area contributed by atoms with Gasteiger partial charge in [-0.15, -0.1) is 0 Å². The molecule has 0 unspecified atom stereocenters. The second-order valence-corrected chi connectivity index (χ2v) is 3.35. The summed E-state index contributed by atoms with van der Waals surface area (Å²) < 4.78 is 0. The average molecular weight is 183 g/mol. The molecule has 3 heteroatoms. The van der Waals surface area contributed by atoms with Gasteiger partial charge in [-0.25, -0.2) is 0 Å². The third-order valence-corrected chi connectivity index (χ3v) is 0. The molecule has 0 spiro atoms. The third-order valence-electron chi connectivity index (χ3n) is 0. The Morgan fingerprint density at radius 3 is 1.00 bits per heavy atom. The topological polar surface area (TPSA) is 60.0 Å². The van der Waals surface area contributed by atoms with Crippen LogP contribution >= 0.6 is 0 Å². The molecule has 0 aliphatic rings. The fourth-order valence-electron chi connectivity index (χ4n) is 0. The van der Waals surface area contributed by atoms with Crippen molar-refractivity contribution in [3.63, 3.8) is 0 Å². The maximum atomic E-state index is 2.30. The van der Waals surface area contributed by atoms with Crippen LogP contribution in [-0.2, 0) is 0 Å². The predicted molar refractivity (Wildman–Crippen MR) is 21.4 cm³/mol. The van der Waals surface area contributed by atoms with Gasteiger partial charge < -0.3 is 11.0 Å². The van der Waals surface area contributed by atoms with Gasteiger partial charge in [-0.1, -0.05) is 0 Å². The van der Waals surface area contributed by atoms with Crippen LogP contribution < -0.4 is 0 Å². The first-order valence-electron chi connectivity index (χ1n) is 1.00. The van der Waals surface area contributed by atoms with Crippen molar-refractivity contribution in [1.29, 1.82) is 0 Å². The van der Waals surface area contributed by atoms with E-state index in [0.717, 1.165) is 0 Å². The molecule has 2 nitrogen and oxygen atoms in total. The molecule has 5 heavy (non-hydrogen) atoms. The van der Waals surface area contributed by atoms with Crippen molar-refractivity contribution in [2.45, 2.75) is 9.88 Å². The summed E-state index contributed by atoms with van der Waals surface area (Å²) in [4.78, 5) is 4.59. The molecular formula is C2H8O2Sn. The van der Waals surface area contributed by atoms with E-state index in [9.17, 15) is 0 Å². The van der Waals surface area contributed by atoms with E-state index in [2.05, 4.69) is 9.88 Å². The smallest absolute Gasteiger partial charge is 0.870 e. The van der Waals surface area contributed by atoms with Crippen LogP contribution in [0.15, 0.2) is 0 Å². The summed E-state index contributed by atoms with van der Waals surface area (Å²) in [7, 11) is 0. The van der Waals surface area contributed by atoms with Gasteiger partial charge in [-0.2, -0.15) is 0 Å². The molecule has 0 fully saturated rings.